The minimum absolute atomic E-state index is 0.0196. The Bertz CT molecular complexity index is 3250. The van der Waals surface area contributed by atoms with E-state index in [9.17, 15) is 38.7 Å². The van der Waals surface area contributed by atoms with Gasteiger partial charge in [0.25, 0.3) is 23.6 Å². The highest BCUT2D eigenvalue weighted by Crippen LogP contribution is 2.46. The molecule has 530 valence electrons. The van der Waals surface area contributed by atoms with E-state index in [0.29, 0.717) is 170 Å². The number of piperidine rings is 2. The van der Waals surface area contributed by atoms with Crippen molar-refractivity contribution in [3.63, 3.8) is 0 Å². The van der Waals surface area contributed by atoms with Gasteiger partial charge < -0.3 is 92.3 Å². The number of imide groups is 1. The molecule has 7 rings (SSSR count). The Labute approximate surface area is 565 Å². The normalized spacial score (nSPS) is 16.3. The van der Waals surface area contributed by atoms with Crippen LogP contribution < -0.4 is 49.1 Å². The molecule has 4 aromatic rings. The molecule has 4 atom stereocenters. The second-order valence-electron chi connectivity index (χ2n) is 22.8. The molecule has 0 spiro atoms. The molecule has 0 aliphatic carbocycles. The number of fused-ring (bicyclic) bond motifs is 1. The fraction of sp³-hybridized carbons (Fsp3) is 0.529. The Morgan fingerprint density at radius 2 is 1.18 bits per heavy atom. The summed E-state index contributed by atoms with van der Waals surface area (Å²) in [6, 6.07) is 17.4. The van der Waals surface area contributed by atoms with Crippen molar-refractivity contribution in [1.29, 1.82) is 0 Å². The Kier molecular flexibility index (Phi) is 31.4. The predicted octanol–water partition coefficient (Wildman–Crippen LogP) is 5.45. The van der Waals surface area contributed by atoms with E-state index < -0.39 is 54.2 Å². The summed E-state index contributed by atoms with van der Waals surface area (Å²) in [4.78, 5) is 93.8. The summed E-state index contributed by atoms with van der Waals surface area (Å²) in [5.41, 5.74) is 4.19. The number of carbonyl (C=O) groups excluding carboxylic acids is 6. The van der Waals surface area contributed by atoms with Gasteiger partial charge in [0.1, 0.15) is 23.6 Å². The Morgan fingerprint density at radius 1 is 0.619 bits per heavy atom. The molecule has 0 radical (unpaired) electrons. The summed E-state index contributed by atoms with van der Waals surface area (Å²) >= 11 is 0. The Morgan fingerprint density at radius 3 is 1.71 bits per heavy atom. The zero-order valence-electron chi connectivity index (χ0n) is 56.4. The SMILES string of the molecule is C=C1CCC(N2C(=O)c3cccc(OCC(=O)NCCOCCOCCOCCOCCOCCOCCOCCNC(=O)COc4cccc(CCCc5ccc(OC)c(OC)c5C5CCN(C(=O)[C@@H](CC)c6cc(OC)c(OC)c(OC)c6)C(C(=O)O)C5)c4)c3C2=O)C(=O)N1. The number of carbonyl (C=O) groups is 7. The van der Waals surface area contributed by atoms with E-state index in [1.807, 2.05) is 37.3 Å². The largest absolute Gasteiger partial charge is 0.493 e. The molecule has 2 saturated heterocycles. The minimum atomic E-state index is -1.09. The number of carboxylic acids is 1. The lowest BCUT2D eigenvalue weighted by atomic mass is 9.80. The molecule has 3 heterocycles. The predicted molar refractivity (Wildman–Crippen MR) is 352 cm³/mol. The molecule has 97 heavy (non-hydrogen) atoms. The van der Waals surface area contributed by atoms with Crippen LogP contribution in [0, 0.1) is 0 Å². The highest BCUT2D eigenvalue weighted by molar-refractivity contribution is 6.24. The molecule has 27 nitrogen and oxygen atoms in total. The van der Waals surface area contributed by atoms with Gasteiger partial charge in [-0.3, -0.25) is 33.7 Å². The number of nitrogens with zero attached hydrogens (tertiary/aromatic N) is 2. The van der Waals surface area contributed by atoms with Crippen molar-refractivity contribution in [1.82, 2.24) is 25.8 Å². The number of aliphatic carboxylic acids is 1. The molecular weight excluding hydrogens is 1260 g/mol. The van der Waals surface area contributed by atoms with Crippen molar-refractivity contribution in [2.24, 2.45) is 0 Å². The molecule has 3 unspecified atom stereocenters. The molecule has 4 aromatic carbocycles. The number of hydrogen-bond acceptors (Lipinski definition) is 21. The van der Waals surface area contributed by atoms with Gasteiger partial charge in [0.05, 0.1) is 145 Å². The van der Waals surface area contributed by atoms with Crippen molar-refractivity contribution in [3.8, 4) is 40.2 Å². The van der Waals surface area contributed by atoms with Gasteiger partial charge in [0.2, 0.25) is 17.6 Å². The third-order valence-corrected chi connectivity index (χ3v) is 16.5. The van der Waals surface area contributed by atoms with Crippen molar-refractivity contribution in [2.45, 2.75) is 82.2 Å². The standard InChI is InChI=1S/C70H93N5O22/c1-8-52(50-42-58(85-4)64(87-6)59(43-50)86-5)67(79)74-25-22-49(41-55(74)70(82)83)62-48(19-21-57(84-3)65(62)88-7)14-9-12-47-13-10-15-51(40-47)96-44-60(76)71-23-26-89-28-30-91-32-34-93-36-38-95-39-37-94-35-33-92-31-29-90-27-24-72-61(77)45-97-56-17-11-16-53-63(56)69(81)75(68(53)80)54-20-18-46(2)73-66(54)78/h10-11,13,15-17,19,21,40,42-43,49,52,54-55H,2,8-9,12,14,18,20,22-39,41,44-45H2,1,3-7H3,(H,71,76)(H,72,77)(H,73,78)(H,82,83)/t49?,52-,54?,55?/m0/s1. The molecule has 4 N–H and O–H groups in total. The molecule has 27 heteroatoms. The second-order valence-corrected chi connectivity index (χ2v) is 22.8. The number of ether oxygens (including phenoxy) is 14. The first kappa shape index (κ1) is 75.8. The number of rotatable bonds is 45. The number of aryl methyl sites for hydroxylation is 2. The van der Waals surface area contributed by atoms with Crippen LogP contribution in [0.15, 0.2) is 79.0 Å². The summed E-state index contributed by atoms with van der Waals surface area (Å²) in [5.74, 6) is -1.80. The van der Waals surface area contributed by atoms with E-state index in [0.717, 1.165) is 28.0 Å². The van der Waals surface area contributed by atoms with E-state index in [2.05, 4.69) is 22.5 Å². The first-order valence-electron chi connectivity index (χ1n) is 32.6. The number of methoxy groups -OCH3 is 5. The minimum Gasteiger partial charge on any atom is -0.493 e. The van der Waals surface area contributed by atoms with Crippen LogP contribution in [0.25, 0.3) is 0 Å². The van der Waals surface area contributed by atoms with E-state index in [1.54, 1.807) is 38.5 Å². The van der Waals surface area contributed by atoms with Gasteiger partial charge in [-0.15, -0.1) is 0 Å². The summed E-state index contributed by atoms with van der Waals surface area (Å²) < 4.78 is 78.6. The van der Waals surface area contributed by atoms with Gasteiger partial charge in [0, 0.05) is 30.9 Å². The number of likely N-dealkylation sites (tertiary alicyclic amines) is 1. The third-order valence-electron chi connectivity index (χ3n) is 16.5. The molecule has 0 saturated carbocycles. The van der Waals surface area contributed by atoms with Gasteiger partial charge in [-0.25, -0.2) is 4.79 Å². The second kappa shape index (κ2) is 40.2. The molecule has 0 aromatic heterocycles. The van der Waals surface area contributed by atoms with Gasteiger partial charge in [0.15, 0.2) is 36.2 Å². The number of nitrogens with one attached hydrogen (secondary N) is 3. The van der Waals surface area contributed by atoms with Gasteiger partial charge in [-0.05, 0) is 116 Å². The summed E-state index contributed by atoms with van der Waals surface area (Å²) in [5, 5.41) is 18.7. The van der Waals surface area contributed by atoms with Crippen molar-refractivity contribution in [2.75, 3.05) is 161 Å². The van der Waals surface area contributed by atoms with Gasteiger partial charge in [-0.1, -0.05) is 37.8 Å². The Balaban J connectivity index is 0.662. The number of hydrogen-bond donors (Lipinski definition) is 4. The summed E-state index contributed by atoms with van der Waals surface area (Å²) in [6.45, 7) is 10.8. The summed E-state index contributed by atoms with van der Waals surface area (Å²) in [6.07, 6.45) is 3.90. The maximum absolute atomic E-state index is 14.4. The van der Waals surface area contributed by atoms with Crippen LogP contribution in [-0.2, 0) is 70.0 Å². The maximum Gasteiger partial charge on any atom is 0.326 e. The molecular formula is C70H93N5O22. The van der Waals surface area contributed by atoms with Crippen molar-refractivity contribution >= 4 is 41.4 Å². The molecule has 0 bridgehead atoms. The van der Waals surface area contributed by atoms with Gasteiger partial charge in [-0.2, -0.15) is 0 Å². The van der Waals surface area contributed by atoms with Crippen molar-refractivity contribution in [3.05, 3.63) is 112 Å². The number of allylic oxidation sites excluding steroid dienone is 1. The van der Waals surface area contributed by atoms with Crippen molar-refractivity contribution < 1.29 is 105 Å². The average Bonchev–Trinajstić information content (AvgIpc) is 1.70. The van der Waals surface area contributed by atoms with Crippen LogP contribution in [0.1, 0.15) is 100 Å². The smallest absolute Gasteiger partial charge is 0.326 e. The molecule has 6 amide bonds. The first-order valence-corrected chi connectivity index (χ1v) is 32.6. The van der Waals surface area contributed by atoms with Crippen LogP contribution in [0.2, 0.25) is 0 Å². The number of benzene rings is 4. The lowest BCUT2D eigenvalue weighted by molar-refractivity contribution is -0.153. The lowest BCUT2D eigenvalue weighted by Gasteiger charge is -2.40. The first-order chi connectivity index (χ1) is 47.2. The molecule has 3 aliphatic rings. The fourth-order valence-corrected chi connectivity index (χ4v) is 11.7. The highest BCUT2D eigenvalue weighted by atomic mass is 16.6. The summed E-state index contributed by atoms with van der Waals surface area (Å²) in [7, 11) is 7.66. The highest BCUT2D eigenvalue weighted by Gasteiger charge is 2.46. The maximum atomic E-state index is 14.4. The average molecular weight is 1360 g/mol. The lowest BCUT2D eigenvalue weighted by Crippen LogP contribution is -2.51. The van der Waals surface area contributed by atoms with Crippen LogP contribution in [0.4, 0.5) is 0 Å². The van der Waals surface area contributed by atoms with Gasteiger partial charge >= 0.3 is 5.97 Å². The van der Waals surface area contributed by atoms with Crippen LogP contribution in [-0.4, -0.2) is 229 Å². The zero-order valence-corrected chi connectivity index (χ0v) is 56.4. The van der Waals surface area contributed by atoms with E-state index in [4.69, 9.17) is 66.3 Å². The molecule has 2 fully saturated rings. The van der Waals surface area contributed by atoms with E-state index in [-0.39, 0.29) is 73.8 Å². The topological polar surface area (TPSA) is 312 Å². The van der Waals surface area contributed by atoms with E-state index in [1.165, 1.54) is 38.4 Å². The van der Waals surface area contributed by atoms with Crippen LogP contribution in [0.3, 0.4) is 0 Å². The molecule has 3 aliphatic heterocycles. The quantitative estimate of drug-likeness (QED) is 0.0316. The Hall–Kier alpha value is -8.57. The van der Waals surface area contributed by atoms with Crippen LogP contribution in [0.5, 0.6) is 40.2 Å². The fourth-order valence-electron chi connectivity index (χ4n) is 11.7. The number of carboxylic acid groups (broad SMARTS) is 1. The monoisotopic (exact) mass is 1360 g/mol. The number of amides is 6. The zero-order chi connectivity index (χ0) is 69.5. The van der Waals surface area contributed by atoms with E-state index >= 15 is 0 Å². The third kappa shape index (κ3) is 22.0. The van der Waals surface area contributed by atoms with Crippen LogP contribution >= 0.6 is 0 Å².